The molecule has 0 fully saturated rings. The standard InChI is InChI=1S/C15H14Cl2N2O2/c16-11-5-4-9(8-12(11)17)18-15(20)19-13-2-1-3-14-10(13)6-7-21-14/h4-8,13H,1-3H2,(H2,18,19,20). The van der Waals surface area contributed by atoms with Crippen LogP contribution in [0.25, 0.3) is 0 Å². The Morgan fingerprint density at radius 3 is 2.90 bits per heavy atom. The minimum absolute atomic E-state index is 0.0183. The first-order valence-corrected chi connectivity index (χ1v) is 7.48. The second-order valence-electron chi connectivity index (χ2n) is 4.97. The van der Waals surface area contributed by atoms with Gasteiger partial charge >= 0.3 is 6.03 Å². The molecular formula is C15H14Cl2N2O2. The molecular weight excluding hydrogens is 311 g/mol. The summed E-state index contributed by atoms with van der Waals surface area (Å²) in [5, 5.41) is 6.58. The van der Waals surface area contributed by atoms with Crippen LogP contribution in [0.4, 0.5) is 10.5 Å². The molecule has 0 saturated heterocycles. The minimum Gasteiger partial charge on any atom is -0.469 e. The zero-order valence-corrected chi connectivity index (χ0v) is 12.7. The third kappa shape index (κ3) is 3.17. The lowest BCUT2D eigenvalue weighted by atomic mass is 9.93. The summed E-state index contributed by atoms with van der Waals surface area (Å²) in [6.45, 7) is 0. The summed E-state index contributed by atoms with van der Waals surface area (Å²) in [5.74, 6) is 0.959. The van der Waals surface area contributed by atoms with E-state index >= 15 is 0 Å². The van der Waals surface area contributed by atoms with E-state index in [4.69, 9.17) is 27.6 Å². The highest BCUT2D eigenvalue weighted by atomic mass is 35.5. The summed E-state index contributed by atoms with van der Waals surface area (Å²) in [6, 6.07) is 6.60. The van der Waals surface area contributed by atoms with Gasteiger partial charge in [-0.3, -0.25) is 0 Å². The van der Waals surface area contributed by atoms with Crippen LogP contribution in [0.2, 0.25) is 10.0 Å². The molecule has 6 heteroatoms. The van der Waals surface area contributed by atoms with Gasteiger partial charge in [-0.25, -0.2) is 4.79 Å². The summed E-state index contributed by atoms with van der Waals surface area (Å²) >= 11 is 11.8. The second kappa shape index (κ2) is 6.00. The molecule has 21 heavy (non-hydrogen) atoms. The van der Waals surface area contributed by atoms with E-state index in [0.29, 0.717) is 15.7 Å². The van der Waals surface area contributed by atoms with Crippen LogP contribution < -0.4 is 10.6 Å². The Hall–Kier alpha value is -1.65. The minimum atomic E-state index is -0.271. The summed E-state index contributed by atoms with van der Waals surface area (Å²) in [7, 11) is 0. The molecule has 4 nitrogen and oxygen atoms in total. The second-order valence-corrected chi connectivity index (χ2v) is 5.79. The van der Waals surface area contributed by atoms with Crippen LogP contribution >= 0.6 is 23.2 Å². The number of rotatable bonds is 2. The molecule has 1 aliphatic carbocycles. The smallest absolute Gasteiger partial charge is 0.319 e. The van der Waals surface area contributed by atoms with E-state index in [2.05, 4.69) is 10.6 Å². The van der Waals surface area contributed by atoms with Crippen LogP contribution in [-0.4, -0.2) is 6.03 Å². The maximum absolute atomic E-state index is 12.1. The average molecular weight is 325 g/mol. The Morgan fingerprint density at radius 1 is 1.24 bits per heavy atom. The van der Waals surface area contributed by atoms with Crippen molar-refractivity contribution in [2.45, 2.75) is 25.3 Å². The van der Waals surface area contributed by atoms with Gasteiger partial charge in [0.1, 0.15) is 5.76 Å². The van der Waals surface area contributed by atoms with Crippen molar-refractivity contribution < 1.29 is 9.21 Å². The van der Waals surface area contributed by atoms with Crippen molar-refractivity contribution in [1.82, 2.24) is 5.32 Å². The molecule has 2 amide bonds. The number of hydrogen-bond acceptors (Lipinski definition) is 2. The summed E-state index contributed by atoms with van der Waals surface area (Å²) in [6.07, 6.45) is 4.50. The number of hydrogen-bond donors (Lipinski definition) is 2. The molecule has 1 aromatic carbocycles. The average Bonchev–Trinajstić information content (AvgIpc) is 2.92. The van der Waals surface area contributed by atoms with Crippen molar-refractivity contribution in [3.05, 3.63) is 51.9 Å². The molecule has 0 saturated carbocycles. The van der Waals surface area contributed by atoms with Gasteiger partial charge in [0.05, 0.1) is 22.4 Å². The van der Waals surface area contributed by atoms with Gasteiger partial charge in [-0.2, -0.15) is 0 Å². The number of benzene rings is 1. The Kier molecular flexibility index (Phi) is 4.08. The van der Waals surface area contributed by atoms with Crippen LogP contribution in [-0.2, 0) is 6.42 Å². The van der Waals surface area contributed by atoms with Crippen LogP contribution in [0.3, 0.4) is 0 Å². The molecule has 3 rings (SSSR count). The van der Waals surface area contributed by atoms with Crippen molar-refractivity contribution in [1.29, 1.82) is 0 Å². The highest BCUT2D eigenvalue weighted by molar-refractivity contribution is 6.42. The highest BCUT2D eigenvalue weighted by Gasteiger charge is 2.23. The van der Waals surface area contributed by atoms with Gasteiger partial charge < -0.3 is 15.1 Å². The van der Waals surface area contributed by atoms with Crippen molar-refractivity contribution in [2.24, 2.45) is 0 Å². The first kappa shape index (κ1) is 14.3. The van der Waals surface area contributed by atoms with Gasteiger partial charge in [0.2, 0.25) is 0 Å². The van der Waals surface area contributed by atoms with Crippen molar-refractivity contribution in [3.8, 4) is 0 Å². The topological polar surface area (TPSA) is 54.3 Å². The van der Waals surface area contributed by atoms with Gasteiger partial charge in [-0.05, 0) is 37.1 Å². The van der Waals surface area contributed by atoms with Crippen LogP contribution in [0.15, 0.2) is 34.9 Å². The third-order valence-electron chi connectivity index (χ3n) is 3.53. The number of anilines is 1. The fourth-order valence-corrected chi connectivity index (χ4v) is 2.83. The van der Waals surface area contributed by atoms with Crippen molar-refractivity contribution in [3.63, 3.8) is 0 Å². The number of aryl methyl sites for hydroxylation is 1. The summed E-state index contributed by atoms with van der Waals surface area (Å²) in [4.78, 5) is 12.1. The molecule has 0 aliphatic heterocycles. The first-order valence-electron chi connectivity index (χ1n) is 6.72. The monoisotopic (exact) mass is 324 g/mol. The number of fused-ring (bicyclic) bond motifs is 1. The molecule has 2 aromatic rings. The van der Waals surface area contributed by atoms with E-state index < -0.39 is 0 Å². The number of carbonyl (C=O) groups is 1. The maximum Gasteiger partial charge on any atom is 0.319 e. The molecule has 1 aromatic heterocycles. The summed E-state index contributed by atoms with van der Waals surface area (Å²) < 4.78 is 5.41. The number of carbonyl (C=O) groups excluding carboxylic acids is 1. The van der Waals surface area contributed by atoms with E-state index in [9.17, 15) is 4.79 Å². The highest BCUT2D eigenvalue weighted by Crippen LogP contribution is 2.30. The Labute approximate surface area is 132 Å². The van der Waals surface area contributed by atoms with Gasteiger partial charge in [-0.1, -0.05) is 23.2 Å². The van der Waals surface area contributed by atoms with E-state index in [1.54, 1.807) is 24.5 Å². The fourth-order valence-electron chi connectivity index (χ4n) is 2.54. The van der Waals surface area contributed by atoms with Gasteiger partial charge in [0, 0.05) is 17.7 Å². The Morgan fingerprint density at radius 2 is 2.10 bits per heavy atom. The van der Waals surface area contributed by atoms with Crippen LogP contribution in [0.5, 0.6) is 0 Å². The predicted molar refractivity (Wildman–Crippen MR) is 83.0 cm³/mol. The van der Waals surface area contributed by atoms with E-state index in [0.717, 1.165) is 30.6 Å². The van der Waals surface area contributed by atoms with Crippen LogP contribution in [0.1, 0.15) is 30.2 Å². The number of halogens is 2. The Balaban J connectivity index is 1.66. The predicted octanol–water partition coefficient (Wildman–Crippen LogP) is 4.79. The van der Waals surface area contributed by atoms with Gasteiger partial charge in [-0.15, -0.1) is 0 Å². The molecule has 1 heterocycles. The van der Waals surface area contributed by atoms with Crippen molar-refractivity contribution in [2.75, 3.05) is 5.32 Å². The summed E-state index contributed by atoms with van der Waals surface area (Å²) in [5.41, 5.74) is 1.66. The van der Waals surface area contributed by atoms with E-state index in [1.165, 1.54) is 0 Å². The first-order chi connectivity index (χ1) is 10.1. The largest absolute Gasteiger partial charge is 0.469 e. The van der Waals surface area contributed by atoms with Gasteiger partial charge in [0.25, 0.3) is 0 Å². The third-order valence-corrected chi connectivity index (χ3v) is 4.27. The number of urea groups is 1. The zero-order chi connectivity index (χ0) is 14.8. The molecule has 1 unspecified atom stereocenters. The molecule has 0 bridgehead atoms. The number of amides is 2. The van der Waals surface area contributed by atoms with Crippen LogP contribution in [0, 0.1) is 0 Å². The lowest BCUT2D eigenvalue weighted by molar-refractivity contribution is 0.246. The zero-order valence-electron chi connectivity index (χ0n) is 11.2. The number of nitrogens with one attached hydrogen (secondary N) is 2. The van der Waals surface area contributed by atoms with E-state index in [-0.39, 0.29) is 12.1 Å². The maximum atomic E-state index is 12.1. The lowest BCUT2D eigenvalue weighted by Gasteiger charge is -2.22. The molecule has 0 spiro atoms. The molecule has 2 N–H and O–H groups in total. The number of furan rings is 1. The molecule has 1 atom stereocenters. The SMILES string of the molecule is O=C(Nc1ccc(Cl)c(Cl)c1)NC1CCCc2occc21. The van der Waals surface area contributed by atoms with Crippen molar-refractivity contribution >= 4 is 34.9 Å². The normalized spacial score (nSPS) is 17.1. The molecule has 0 radical (unpaired) electrons. The van der Waals surface area contributed by atoms with E-state index in [1.807, 2.05) is 6.07 Å². The molecule has 110 valence electrons. The lowest BCUT2D eigenvalue weighted by Crippen LogP contribution is -2.34. The van der Waals surface area contributed by atoms with Gasteiger partial charge in [0.15, 0.2) is 0 Å². The molecule has 1 aliphatic rings. The Bertz CT molecular complexity index is 669. The fraction of sp³-hybridized carbons (Fsp3) is 0.267. The quantitative estimate of drug-likeness (QED) is 0.834.